The molecule has 0 fully saturated rings. The Hall–Kier alpha value is -1.06. The van der Waals surface area contributed by atoms with Gasteiger partial charge in [0.15, 0.2) is 0 Å². The van der Waals surface area contributed by atoms with E-state index in [4.69, 9.17) is 10.2 Å². The van der Waals surface area contributed by atoms with Gasteiger partial charge in [0.2, 0.25) is 0 Å². The molecular formula is C12H22O4. The molecular weight excluding hydrogens is 208 g/mol. The quantitative estimate of drug-likeness (QED) is 0.638. The van der Waals surface area contributed by atoms with Gasteiger partial charge in [-0.2, -0.15) is 0 Å². The van der Waals surface area contributed by atoms with Crippen LogP contribution < -0.4 is 0 Å². The molecule has 2 N–H and O–H groups in total. The van der Waals surface area contributed by atoms with Crippen LogP contribution in [0.5, 0.6) is 0 Å². The van der Waals surface area contributed by atoms with E-state index >= 15 is 0 Å². The van der Waals surface area contributed by atoms with E-state index in [9.17, 15) is 9.59 Å². The molecule has 0 saturated carbocycles. The number of carboxylic acids is 2. The molecule has 0 aromatic rings. The number of carbonyl (C=O) groups is 2. The Morgan fingerprint density at radius 2 is 1.50 bits per heavy atom. The van der Waals surface area contributed by atoms with Gasteiger partial charge in [-0.3, -0.25) is 9.59 Å². The second kappa shape index (κ2) is 8.13. The van der Waals surface area contributed by atoms with Gasteiger partial charge in [-0.1, -0.05) is 26.7 Å². The van der Waals surface area contributed by atoms with E-state index in [1.807, 2.05) is 6.92 Å². The first-order valence-electron chi connectivity index (χ1n) is 5.85. The Balaban J connectivity index is 3.52. The maximum Gasteiger partial charge on any atom is 0.303 e. The maximum absolute atomic E-state index is 10.4. The standard InChI is InChI=1S/C12H22O4/c1-9(4-3-5-11(13)14)6-7-10(2)8-12(15)16/h9-10H,3-8H2,1-2H3,(H,13,14)(H,15,16). The first-order valence-corrected chi connectivity index (χ1v) is 5.85. The van der Waals surface area contributed by atoms with Gasteiger partial charge in [0, 0.05) is 12.8 Å². The van der Waals surface area contributed by atoms with E-state index in [1.54, 1.807) is 0 Å². The predicted molar refractivity (Wildman–Crippen MR) is 61.3 cm³/mol. The summed E-state index contributed by atoms with van der Waals surface area (Å²) in [5.74, 6) is -0.799. The van der Waals surface area contributed by atoms with Crippen LogP contribution in [-0.2, 0) is 9.59 Å². The Kier molecular flexibility index (Phi) is 7.60. The summed E-state index contributed by atoms with van der Waals surface area (Å²) in [6.45, 7) is 4.04. The minimum Gasteiger partial charge on any atom is -0.481 e. The molecule has 0 saturated heterocycles. The third kappa shape index (κ3) is 9.49. The van der Waals surface area contributed by atoms with Crippen molar-refractivity contribution in [3.63, 3.8) is 0 Å². The Morgan fingerprint density at radius 3 is 2.00 bits per heavy atom. The van der Waals surface area contributed by atoms with Gasteiger partial charge in [-0.05, 0) is 24.7 Å². The minimum atomic E-state index is -0.744. The molecule has 0 spiro atoms. The molecule has 0 aliphatic rings. The zero-order chi connectivity index (χ0) is 12.6. The summed E-state index contributed by atoms with van der Waals surface area (Å²) in [7, 11) is 0. The molecule has 2 atom stereocenters. The van der Waals surface area contributed by atoms with E-state index in [1.165, 1.54) is 0 Å². The molecule has 0 radical (unpaired) electrons. The van der Waals surface area contributed by atoms with Crippen molar-refractivity contribution in [3.05, 3.63) is 0 Å². The molecule has 94 valence electrons. The number of carboxylic acid groups (broad SMARTS) is 2. The number of hydrogen-bond donors (Lipinski definition) is 2. The smallest absolute Gasteiger partial charge is 0.303 e. The Labute approximate surface area is 96.7 Å². The topological polar surface area (TPSA) is 74.6 Å². The van der Waals surface area contributed by atoms with Crippen molar-refractivity contribution in [2.75, 3.05) is 0 Å². The summed E-state index contributed by atoms with van der Waals surface area (Å²) in [6.07, 6.45) is 3.96. The van der Waals surface area contributed by atoms with Gasteiger partial charge in [0.05, 0.1) is 0 Å². The van der Waals surface area contributed by atoms with E-state index in [0.717, 1.165) is 19.3 Å². The largest absolute Gasteiger partial charge is 0.481 e. The molecule has 0 bridgehead atoms. The lowest BCUT2D eigenvalue weighted by Gasteiger charge is -2.13. The second-order valence-electron chi connectivity index (χ2n) is 4.67. The number of aliphatic carboxylic acids is 2. The molecule has 0 amide bonds. The van der Waals surface area contributed by atoms with Crippen LogP contribution in [-0.4, -0.2) is 22.2 Å². The van der Waals surface area contributed by atoms with E-state index < -0.39 is 11.9 Å². The van der Waals surface area contributed by atoms with Gasteiger partial charge in [0.1, 0.15) is 0 Å². The van der Waals surface area contributed by atoms with Crippen LogP contribution >= 0.6 is 0 Å². The van der Waals surface area contributed by atoms with E-state index in [-0.39, 0.29) is 18.8 Å². The molecule has 0 aromatic carbocycles. The maximum atomic E-state index is 10.4. The molecule has 0 aliphatic heterocycles. The summed E-state index contributed by atoms with van der Waals surface area (Å²) in [5, 5.41) is 17.1. The first kappa shape index (κ1) is 14.9. The molecule has 0 aliphatic carbocycles. The third-order valence-electron chi connectivity index (χ3n) is 2.76. The average Bonchev–Trinajstić information content (AvgIpc) is 2.13. The van der Waals surface area contributed by atoms with E-state index in [0.29, 0.717) is 12.3 Å². The van der Waals surface area contributed by atoms with Crippen molar-refractivity contribution in [3.8, 4) is 0 Å². The van der Waals surface area contributed by atoms with Crippen LogP contribution in [0.2, 0.25) is 0 Å². The fourth-order valence-corrected chi connectivity index (χ4v) is 1.72. The van der Waals surface area contributed by atoms with Gasteiger partial charge >= 0.3 is 11.9 Å². The highest BCUT2D eigenvalue weighted by atomic mass is 16.4. The fraction of sp³-hybridized carbons (Fsp3) is 0.833. The first-order chi connectivity index (χ1) is 7.41. The minimum absolute atomic E-state index is 0.208. The highest BCUT2D eigenvalue weighted by Crippen LogP contribution is 2.19. The van der Waals surface area contributed by atoms with Gasteiger partial charge in [0.25, 0.3) is 0 Å². The van der Waals surface area contributed by atoms with Crippen molar-refractivity contribution in [1.29, 1.82) is 0 Å². The van der Waals surface area contributed by atoms with Crippen molar-refractivity contribution in [1.82, 2.24) is 0 Å². The van der Waals surface area contributed by atoms with Crippen LogP contribution in [0.25, 0.3) is 0 Å². The van der Waals surface area contributed by atoms with Crippen LogP contribution in [0.4, 0.5) is 0 Å². The van der Waals surface area contributed by atoms with Crippen LogP contribution in [0.3, 0.4) is 0 Å². The van der Waals surface area contributed by atoms with Crippen molar-refractivity contribution in [2.24, 2.45) is 11.8 Å². The monoisotopic (exact) mass is 230 g/mol. The lowest BCUT2D eigenvalue weighted by atomic mass is 9.93. The highest BCUT2D eigenvalue weighted by molar-refractivity contribution is 5.67. The van der Waals surface area contributed by atoms with E-state index in [2.05, 4.69) is 6.92 Å². The zero-order valence-electron chi connectivity index (χ0n) is 10.1. The third-order valence-corrected chi connectivity index (χ3v) is 2.76. The summed E-state index contributed by atoms with van der Waals surface area (Å²) in [4.78, 5) is 20.7. The summed E-state index contributed by atoms with van der Waals surface area (Å²) in [6, 6.07) is 0. The predicted octanol–water partition coefficient (Wildman–Crippen LogP) is 2.77. The van der Waals surface area contributed by atoms with Gasteiger partial charge in [-0.25, -0.2) is 0 Å². The van der Waals surface area contributed by atoms with Gasteiger partial charge < -0.3 is 10.2 Å². The molecule has 0 aromatic heterocycles. The van der Waals surface area contributed by atoms with Crippen LogP contribution in [0.15, 0.2) is 0 Å². The summed E-state index contributed by atoms with van der Waals surface area (Å²) >= 11 is 0. The molecule has 2 unspecified atom stereocenters. The molecule has 0 rings (SSSR count). The average molecular weight is 230 g/mol. The van der Waals surface area contributed by atoms with Crippen molar-refractivity contribution >= 4 is 11.9 Å². The molecule has 4 heteroatoms. The van der Waals surface area contributed by atoms with Crippen molar-refractivity contribution in [2.45, 2.75) is 52.4 Å². The van der Waals surface area contributed by atoms with Crippen LogP contribution in [0.1, 0.15) is 52.4 Å². The second-order valence-corrected chi connectivity index (χ2v) is 4.67. The van der Waals surface area contributed by atoms with Gasteiger partial charge in [-0.15, -0.1) is 0 Å². The molecule has 4 nitrogen and oxygen atoms in total. The molecule has 16 heavy (non-hydrogen) atoms. The van der Waals surface area contributed by atoms with Crippen molar-refractivity contribution < 1.29 is 19.8 Å². The fourth-order valence-electron chi connectivity index (χ4n) is 1.72. The molecule has 0 heterocycles. The Morgan fingerprint density at radius 1 is 0.938 bits per heavy atom. The number of rotatable bonds is 9. The summed E-state index contributed by atoms with van der Waals surface area (Å²) in [5.41, 5.74) is 0. The van der Waals surface area contributed by atoms with Crippen LogP contribution in [0, 0.1) is 11.8 Å². The number of hydrogen-bond acceptors (Lipinski definition) is 2. The Bertz CT molecular complexity index is 225. The highest BCUT2D eigenvalue weighted by Gasteiger charge is 2.10. The lowest BCUT2D eigenvalue weighted by Crippen LogP contribution is -2.06. The summed E-state index contributed by atoms with van der Waals surface area (Å²) < 4.78 is 0. The normalized spacial score (nSPS) is 14.4. The SMILES string of the molecule is CC(CCCC(=O)O)CCC(C)CC(=O)O. The zero-order valence-corrected chi connectivity index (χ0v) is 10.1. The lowest BCUT2D eigenvalue weighted by molar-refractivity contribution is -0.138.